The summed E-state index contributed by atoms with van der Waals surface area (Å²) in [5.41, 5.74) is 1.22. The van der Waals surface area contributed by atoms with Gasteiger partial charge in [0.2, 0.25) is 10.0 Å². The second-order valence-electron chi connectivity index (χ2n) is 5.52. The maximum Gasteiger partial charge on any atom is 0.257 e. The minimum Gasteiger partial charge on any atom is -0.495 e. The highest BCUT2D eigenvalue weighted by atomic mass is 32.2. The van der Waals surface area contributed by atoms with E-state index in [0.717, 1.165) is 29.8 Å². The van der Waals surface area contributed by atoms with Crippen LogP contribution in [0.25, 0.3) is 0 Å². The van der Waals surface area contributed by atoms with Crippen LogP contribution in [0, 0.1) is 0 Å². The molecule has 0 aliphatic heterocycles. The van der Waals surface area contributed by atoms with Gasteiger partial charge >= 0.3 is 0 Å². The van der Waals surface area contributed by atoms with E-state index in [9.17, 15) is 13.2 Å². The molecule has 2 aromatic rings. The summed E-state index contributed by atoms with van der Waals surface area (Å²) in [4.78, 5) is 18.1. The van der Waals surface area contributed by atoms with Crippen LogP contribution in [0.5, 0.6) is 5.75 Å². The van der Waals surface area contributed by atoms with Gasteiger partial charge in [0, 0.05) is 10.4 Å². The van der Waals surface area contributed by atoms with E-state index in [2.05, 4.69) is 28.9 Å². The number of aryl methyl sites for hydroxylation is 2. The predicted octanol–water partition coefficient (Wildman–Crippen LogP) is 2.83. The van der Waals surface area contributed by atoms with Gasteiger partial charge in [0.25, 0.3) is 5.91 Å². The van der Waals surface area contributed by atoms with Crippen LogP contribution in [0.15, 0.2) is 23.1 Å². The van der Waals surface area contributed by atoms with Crippen LogP contribution in [0.3, 0.4) is 0 Å². The monoisotopic (exact) mass is 397 g/mol. The minimum absolute atomic E-state index is 0.0878. The number of hydrogen-bond donors (Lipinski definition) is 2. The largest absolute Gasteiger partial charge is 0.495 e. The number of amides is 1. The number of benzene rings is 1. The van der Waals surface area contributed by atoms with Gasteiger partial charge in [-0.2, -0.15) is 0 Å². The van der Waals surface area contributed by atoms with Crippen LogP contribution in [0.4, 0.5) is 5.13 Å². The van der Waals surface area contributed by atoms with E-state index in [1.807, 2.05) is 0 Å². The van der Waals surface area contributed by atoms with E-state index in [4.69, 9.17) is 4.74 Å². The van der Waals surface area contributed by atoms with Crippen LogP contribution in [0.1, 0.15) is 41.2 Å². The van der Waals surface area contributed by atoms with Crippen molar-refractivity contribution >= 4 is 32.4 Å². The molecule has 1 aromatic heterocycles. The molecular formula is C17H23N3O4S2. The fourth-order valence-electron chi connectivity index (χ4n) is 2.45. The molecule has 9 heteroatoms. The van der Waals surface area contributed by atoms with E-state index in [1.165, 1.54) is 43.7 Å². The van der Waals surface area contributed by atoms with Crippen molar-refractivity contribution in [3.63, 3.8) is 0 Å². The standard InChI is InChI=1S/C17H23N3O4S2/c1-5-7-12-14(6-2)25-17(19-12)20-16(21)11-8-9-13(24-4)15(10-11)26(22,23)18-3/h8-10,18H,5-7H2,1-4H3,(H,19,20,21). The Bertz CT molecular complexity index is 891. The molecule has 1 amide bonds. The molecule has 0 atom stereocenters. The summed E-state index contributed by atoms with van der Waals surface area (Å²) >= 11 is 1.45. The molecule has 0 aliphatic rings. The number of sulfonamides is 1. The highest BCUT2D eigenvalue weighted by molar-refractivity contribution is 7.89. The number of methoxy groups -OCH3 is 1. The highest BCUT2D eigenvalue weighted by Gasteiger charge is 2.21. The number of rotatable bonds is 8. The van der Waals surface area contributed by atoms with Crippen molar-refractivity contribution in [1.29, 1.82) is 0 Å². The van der Waals surface area contributed by atoms with E-state index in [1.54, 1.807) is 0 Å². The summed E-state index contributed by atoms with van der Waals surface area (Å²) in [6, 6.07) is 4.27. The summed E-state index contributed by atoms with van der Waals surface area (Å²) in [7, 11) is -1.07. The maximum absolute atomic E-state index is 12.5. The van der Waals surface area contributed by atoms with Crippen molar-refractivity contribution in [3.8, 4) is 5.75 Å². The third-order valence-electron chi connectivity index (χ3n) is 3.79. The third kappa shape index (κ3) is 4.40. The average Bonchev–Trinajstić information content (AvgIpc) is 3.02. The van der Waals surface area contributed by atoms with Gasteiger partial charge in [0.15, 0.2) is 5.13 Å². The predicted molar refractivity (Wildman–Crippen MR) is 103 cm³/mol. The zero-order valence-electron chi connectivity index (χ0n) is 15.3. The number of anilines is 1. The zero-order valence-corrected chi connectivity index (χ0v) is 16.9. The number of thiazole rings is 1. The molecule has 0 saturated heterocycles. The van der Waals surface area contributed by atoms with Crippen molar-refractivity contribution in [2.45, 2.75) is 38.0 Å². The molecule has 2 rings (SSSR count). The Morgan fingerprint density at radius 3 is 2.62 bits per heavy atom. The van der Waals surface area contributed by atoms with E-state index in [-0.39, 0.29) is 16.2 Å². The molecule has 0 aliphatic carbocycles. The number of hydrogen-bond acceptors (Lipinski definition) is 6. The number of carbonyl (C=O) groups is 1. The summed E-state index contributed by atoms with van der Waals surface area (Å²) in [5.74, 6) is -0.247. The van der Waals surface area contributed by atoms with Gasteiger partial charge in [-0.3, -0.25) is 10.1 Å². The molecule has 26 heavy (non-hydrogen) atoms. The molecule has 142 valence electrons. The lowest BCUT2D eigenvalue weighted by Crippen LogP contribution is -2.20. The van der Waals surface area contributed by atoms with E-state index < -0.39 is 15.9 Å². The Kier molecular flexibility index (Phi) is 6.74. The highest BCUT2D eigenvalue weighted by Crippen LogP contribution is 2.27. The smallest absolute Gasteiger partial charge is 0.257 e. The van der Waals surface area contributed by atoms with Gasteiger partial charge < -0.3 is 4.74 Å². The van der Waals surface area contributed by atoms with Gasteiger partial charge in [-0.15, -0.1) is 11.3 Å². The number of aromatic nitrogens is 1. The molecular weight excluding hydrogens is 374 g/mol. The molecule has 0 saturated carbocycles. The third-order valence-corrected chi connectivity index (χ3v) is 6.38. The molecule has 2 N–H and O–H groups in total. The number of nitrogens with zero attached hydrogens (tertiary/aromatic N) is 1. The molecule has 0 fully saturated rings. The van der Waals surface area contributed by atoms with Crippen molar-refractivity contribution < 1.29 is 17.9 Å². The summed E-state index contributed by atoms with van der Waals surface area (Å²) < 4.78 is 31.6. The van der Waals surface area contributed by atoms with E-state index in [0.29, 0.717) is 5.13 Å². The lowest BCUT2D eigenvalue weighted by Gasteiger charge is -2.10. The van der Waals surface area contributed by atoms with Crippen molar-refractivity contribution in [3.05, 3.63) is 34.3 Å². The Balaban J connectivity index is 2.32. The average molecular weight is 398 g/mol. The van der Waals surface area contributed by atoms with Gasteiger partial charge in [0.05, 0.1) is 12.8 Å². The number of nitrogens with one attached hydrogen (secondary N) is 2. The van der Waals surface area contributed by atoms with Gasteiger partial charge in [-0.05, 0) is 38.1 Å². The SMILES string of the molecule is CCCc1nc(NC(=O)c2ccc(OC)c(S(=O)(=O)NC)c2)sc1CC. The Hall–Kier alpha value is -1.97. The molecule has 7 nitrogen and oxygen atoms in total. The minimum atomic E-state index is -3.75. The second kappa shape index (κ2) is 8.61. The molecule has 1 aromatic carbocycles. The lowest BCUT2D eigenvalue weighted by molar-refractivity contribution is 0.102. The first-order valence-corrected chi connectivity index (χ1v) is 10.6. The normalized spacial score (nSPS) is 11.4. The molecule has 0 spiro atoms. The van der Waals surface area contributed by atoms with Gasteiger partial charge in [-0.25, -0.2) is 18.1 Å². The number of ether oxygens (including phenoxy) is 1. The Morgan fingerprint density at radius 1 is 1.31 bits per heavy atom. The topological polar surface area (TPSA) is 97.4 Å². The Morgan fingerprint density at radius 2 is 2.04 bits per heavy atom. The van der Waals surface area contributed by atoms with Crippen LogP contribution < -0.4 is 14.8 Å². The maximum atomic E-state index is 12.5. The van der Waals surface area contributed by atoms with Crippen LogP contribution in [-0.4, -0.2) is 33.5 Å². The summed E-state index contributed by atoms with van der Waals surface area (Å²) in [6.45, 7) is 4.13. The van der Waals surface area contributed by atoms with Gasteiger partial charge in [-0.1, -0.05) is 20.3 Å². The van der Waals surface area contributed by atoms with Crippen molar-refractivity contribution in [2.24, 2.45) is 0 Å². The van der Waals surface area contributed by atoms with Crippen LogP contribution >= 0.6 is 11.3 Å². The Labute approximate surface area is 157 Å². The summed E-state index contributed by atoms with van der Waals surface area (Å²) in [6.07, 6.45) is 2.70. The molecule has 0 unspecified atom stereocenters. The van der Waals surface area contributed by atoms with Crippen molar-refractivity contribution in [2.75, 3.05) is 19.5 Å². The number of carbonyl (C=O) groups excluding carboxylic acids is 1. The summed E-state index contributed by atoms with van der Waals surface area (Å²) in [5, 5.41) is 3.28. The van der Waals surface area contributed by atoms with Gasteiger partial charge in [0.1, 0.15) is 10.6 Å². The molecule has 0 bridgehead atoms. The first-order chi connectivity index (χ1) is 12.4. The first kappa shape index (κ1) is 20.3. The van der Waals surface area contributed by atoms with Crippen LogP contribution in [-0.2, 0) is 22.9 Å². The first-order valence-electron chi connectivity index (χ1n) is 8.27. The lowest BCUT2D eigenvalue weighted by atomic mass is 10.2. The fourth-order valence-corrected chi connectivity index (χ4v) is 4.31. The molecule has 1 heterocycles. The van der Waals surface area contributed by atoms with Crippen LogP contribution in [0.2, 0.25) is 0 Å². The van der Waals surface area contributed by atoms with Crippen molar-refractivity contribution in [1.82, 2.24) is 9.71 Å². The fraction of sp³-hybridized carbons (Fsp3) is 0.412. The van der Waals surface area contributed by atoms with E-state index >= 15 is 0 Å². The quantitative estimate of drug-likeness (QED) is 0.714. The molecule has 0 radical (unpaired) electrons. The zero-order chi connectivity index (χ0) is 19.3. The second-order valence-corrected chi connectivity index (χ2v) is 8.46.